The van der Waals surface area contributed by atoms with E-state index in [-0.39, 0.29) is 35.3 Å². The summed E-state index contributed by atoms with van der Waals surface area (Å²) in [6.45, 7) is 1.49. The summed E-state index contributed by atoms with van der Waals surface area (Å²) in [5.74, 6) is -1.57. The monoisotopic (exact) mass is 536 g/mol. The van der Waals surface area contributed by atoms with E-state index in [0.717, 1.165) is 31.6 Å². The highest BCUT2D eigenvalue weighted by Gasteiger charge is 2.49. The number of alkyl halides is 3. The largest absolute Gasteiger partial charge is 0.389 e. The molecule has 0 saturated carbocycles. The smallest absolute Gasteiger partial charge is 0.378 e. The van der Waals surface area contributed by atoms with Gasteiger partial charge in [-0.05, 0) is 61.4 Å². The molecule has 38 heavy (non-hydrogen) atoms. The maximum atomic E-state index is 14.7. The van der Waals surface area contributed by atoms with Crippen LogP contribution in [0.3, 0.4) is 0 Å². The standard InChI is InChI=1S/C27H32F4N4O3/c1-37-25(38-2)16-10-12-35(13-11-16)18-6-9-22(32-15-18)27(36)17(14-26(29,30)31)4-3-5-19-20(27)7-8-21-23(19)24(28)34-33-21/h6-9,15-17,25,36H,3-5,10-14H2,1-2H3,(H,33,34). The minimum atomic E-state index is -4.49. The molecule has 7 nitrogen and oxygen atoms in total. The maximum Gasteiger partial charge on any atom is 0.389 e. The fraction of sp³-hybridized carbons (Fsp3) is 0.556. The van der Waals surface area contributed by atoms with Gasteiger partial charge in [-0.2, -0.15) is 22.7 Å². The molecular formula is C27H32F4N4O3. The minimum absolute atomic E-state index is 0.114. The minimum Gasteiger partial charge on any atom is -0.378 e. The topological polar surface area (TPSA) is 83.5 Å². The van der Waals surface area contributed by atoms with Crippen LogP contribution in [0.2, 0.25) is 0 Å². The molecule has 1 aliphatic carbocycles. The number of halogens is 4. The predicted octanol–water partition coefficient (Wildman–Crippen LogP) is 5.07. The molecule has 2 aliphatic rings. The molecule has 1 saturated heterocycles. The van der Waals surface area contributed by atoms with Crippen LogP contribution in [-0.4, -0.2) is 60.1 Å². The first-order chi connectivity index (χ1) is 18.2. The molecule has 0 spiro atoms. The van der Waals surface area contributed by atoms with Crippen molar-refractivity contribution >= 4 is 16.6 Å². The van der Waals surface area contributed by atoms with Crippen molar-refractivity contribution in [2.24, 2.45) is 11.8 Å². The molecule has 1 aliphatic heterocycles. The summed E-state index contributed by atoms with van der Waals surface area (Å²) in [5.41, 5.74) is -0.0123. The Bertz CT molecular complexity index is 1250. The summed E-state index contributed by atoms with van der Waals surface area (Å²) in [6.07, 6.45) is -1.80. The quantitative estimate of drug-likeness (QED) is 0.260. The summed E-state index contributed by atoms with van der Waals surface area (Å²) in [6, 6.07) is 6.48. The van der Waals surface area contributed by atoms with Crippen molar-refractivity contribution in [3.63, 3.8) is 0 Å². The van der Waals surface area contributed by atoms with E-state index in [1.165, 1.54) is 6.07 Å². The van der Waals surface area contributed by atoms with Crippen LogP contribution in [0.15, 0.2) is 30.5 Å². The molecule has 0 amide bonds. The van der Waals surface area contributed by atoms with Crippen LogP contribution >= 0.6 is 0 Å². The number of nitrogens with zero attached hydrogens (tertiary/aromatic N) is 3. The van der Waals surface area contributed by atoms with Crippen LogP contribution in [0.4, 0.5) is 23.2 Å². The molecule has 2 N–H and O–H groups in total. The third kappa shape index (κ3) is 4.87. The average Bonchev–Trinajstić information content (AvgIpc) is 3.22. The van der Waals surface area contributed by atoms with Crippen molar-refractivity contribution in [3.05, 3.63) is 53.2 Å². The molecule has 2 unspecified atom stereocenters. The second-order valence-corrected chi connectivity index (χ2v) is 10.3. The van der Waals surface area contributed by atoms with Crippen LogP contribution in [0.1, 0.15) is 48.9 Å². The Morgan fingerprint density at radius 1 is 1.13 bits per heavy atom. The highest BCUT2D eigenvalue weighted by Crippen LogP contribution is 2.48. The number of hydrogen-bond acceptors (Lipinski definition) is 6. The predicted molar refractivity (Wildman–Crippen MR) is 133 cm³/mol. The van der Waals surface area contributed by atoms with E-state index in [1.54, 1.807) is 38.6 Å². The lowest BCUT2D eigenvalue weighted by atomic mass is 9.75. The van der Waals surface area contributed by atoms with Crippen molar-refractivity contribution < 1.29 is 32.1 Å². The Labute approximate surface area is 218 Å². The molecule has 0 bridgehead atoms. The van der Waals surface area contributed by atoms with Crippen molar-refractivity contribution in [1.29, 1.82) is 0 Å². The Morgan fingerprint density at radius 3 is 2.50 bits per heavy atom. The third-order valence-corrected chi connectivity index (χ3v) is 8.14. The third-order valence-electron chi connectivity index (χ3n) is 8.14. The second-order valence-electron chi connectivity index (χ2n) is 10.3. The number of nitrogens with one attached hydrogen (secondary N) is 1. The second kappa shape index (κ2) is 10.4. The van der Waals surface area contributed by atoms with E-state index in [1.807, 2.05) is 0 Å². The lowest BCUT2D eigenvalue weighted by Gasteiger charge is -2.38. The fourth-order valence-corrected chi connectivity index (χ4v) is 6.30. The molecule has 11 heteroatoms. The summed E-state index contributed by atoms with van der Waals surface area (Å²) in [5, 5.41) is 18.6. The van der Waals surface area contributed by atoms with Gasteiger partial charge in [-0.3, -0.25) is 10.1 Å². The normalized spacial score (nSPS) is 23.2. The zero-order chi connectivity index (χ0) is 27.1. The summed E-state index contributed by atoms with van der Waals surface area (Å²) in [4.78, 5) is 6.67. The Hall–Kier alpha value is -2.76. The highest BCUT2D eigenvalue weighted by molar-refractivity contribution is 5.84. The Kier molecular flexibility index (Phi) is 7.36. The van der Waals surface area contributed by atoms with Gasteiger partial charge in [0.2, 0.25) is 5.95 Å². The molecule has 2 atom stereocenters. The number of pyridine rings is 1. The lowest BCUT2D eigenvalue weighted by Crippen LogP contribution is -2.40. The summed E-state index contributed by atoms with van der Waals surface area (Å²) in [7, 11) is 3.25. The van der Waals surface area contributed by atoms with Gasteiger partial charge in [0.15, 0.2) is 6.29 Å². The highest BCUT2D eigenvalue weighted by atomic mass is 19.4. The van der Waals surface area contributed by atoms with Gasteiger partial charge in [-0.25, -0.2) is 0 Å². The molecule has 206 valence electrons. The van der Waals surface area contributed by atoms with E-state index in [2.05, 4.69) is 20.1 Å². The molecule has 1 aromatic carbocycles. The first-order valence-electron chi connectivity index (χ1n) is 12.9. The molecular weight excluding hydrogens is 504 g/mol. The number of aryl methyl sites for hydroxylation is 1. The van der Waals surface area contributed by atoms with Crippen LogP contribution in [0.5, 0.6) is 0 Å². The first-order valence-corrected chi connectivity index (χ1v) is 12.9. The summed E-state index contributed by atoms with van der Waals surface area (Å²) < 4.78 is 66.5. The van der Waals surface area contributed by atoms with Gasteiger partial charge < -0.3 is 19.5 Å². The van der Waals surface area contributed by atoms with Crippen LogP contribution in [0.25, 0.3) is 10.9 Å². The number of fused-ring (bicyclic) bond motifs is 3. The van der Waals surface area contributed by atoms with Gasteiger partial charge in [0.05, 0.1) is 28.5 Å². The number of ether oxygens (including phenoxy) is 2. The number of aromatic amines is 1. The zero-order valence-electron chi connectivity index (χ0n) is 21.4. The molecule has 1 fully saturated rings. The van der Waals surface area contributed by atoms with Crippen LogP contribution in [0, 0.1) is 17.8 Å². The Balaban J connectivity index is 1.50. The van der Waals surface area contributed by atoms with Crippen molar-refractivity contribution in [2.75, 3.05) is 32.2 Å². The van der Waals surface area contributed by atoms with Crippen molar-refractivity contribution in [2.45, 2.75) is 56.6 Å². The summed E-state index contributed by atoms with van der Waals surface area (Å²) >= 11 is 0. The average molecular weight is 537 g/mol. The number of benzene rings is 1. The van der Waals surface area contributed by atoms with Gasteiger partial charge in [-0.15, -0.1) is 0 Å². The number of rotatable bonds is 6. The maximum absolute atomic E-state index is 14.7. The van der Waals surface area contributed by atoms with Gasteiger partial charge in [0, 0.05) is 45.6 Å². The van der Waals surface area contributed by atoms with Crippen molar-refractivity contribution in [3.8, 4) is 0 Å². The molecule has 5 rings (SSSR count). The van der Waals surface area contributed by atoms with Crippen molar-refractivity contribution in [1.82, 2.24) is 15.2 Å². The van der Waals surface area contributed by atoms with Crippen LogP contribution in [-0.2, 0) is 21.5 Å². The fourth-order valence-electron chi connectivity index (χ4n) is 6.30. The number of methoxy groups -OCH3 is 2. The lowest BCUT2D eigenvalue weighted by molar-refractivity contribution is -0.162. The Morgan fingerprint density at radius 2 is 1.87 bits per heavy atom. The molecule has 2 aromatic heterocycles. The van der Waals surface area contributed by atoms with E-state index in [4.69, 9.17) is 9.47 Å². The number of H-pyrrole nitrogens is 1. The van der Waals surface area contributed by atoms with E-state index in [0.29, 0.717) is 23.9 Å². The zero-order valence-corrected chi connectivity index (χ0v) is 21.4. The number of aliphatic hydroxyl groups is 1. The van der Waals surface area contributed by atoms with E-state index in [9.17, 15) is 22.7 Å². The number of anilines is 1. The first kappa shape index (κ1) is 26.8. The van der Waals surface area contributed by atoms with E-state index >= 15 is 0 Å². The number of hydrogen-bond donors (Lipinski definition) is 2. The number of piperidine rings is 1. The molecule has 3 heterocycles. The van der Waals surface area contributed by atoms with Crippen LogP contribution < -0.4 is 4.90 Å². The van der Waals surface area contributed by atoms with Gasteiger partial charge in [0.25, 0.3) is 0 Å². The van der Waals surface area contributed by atoms with Gasteiger partial charge in [-0.1, -0.05) is 6.07 Å². The SMILES string of the molecule is COC(OC)C1CCN(c2ccc(C3(O)c4ccc5n[nH]c(F)c5c4CCCC3CC(F)(F)F)nc2)CC1. The van der Waals surface area contributed by atoms with E-state index < -0.39 is 30.1 Å². The number of aromatic nitrogens is 3. The molecule has 3 aromatic rings. The molecule has 0 radical (unpaired) electrons. The van der Waals surface area contributed by atoms with Gasteiger partial charge in [0.1, 0.15) is 5.60 Å². The van der Waals surface area contributed by atoms with Gasteiger partial charge >= 0.3 is 6.18 Å².